The smallest absolute Gasteiger partial charge is 0.300 e. The van der Waals surface area contributed by atoms with E-state index in [1.54, 1.807) is 19.9 Å². The molecule has 0 saturated carbocycles. The highest BCUT2D eigenvalue weighted by Crippen LogP contribution is 2.31. The summed E-state index contributed by atoms with van der Waals surface area (Å²) < 4.78 is 40.2. The fourth-order valence-corrected chi connectivity index (χ4v) is 3.01. The monoisotopic (exact) mass is 381 g/mol. The van der Waals surface area contributed by atoms with E-state index in [2.05, 4.69) is 20.6 Å². The van der Waals surface area contributed by atoms with Gasteiger partial charge in [-0.25, -0.2) is 4.68 Å². The highest BCUT2D eigenvalue weighted by atomic mass is 32.1. The first-order valence-electron chi connectivity index (χ1n) is 7.54. The highest BCUT2D eigenvalue weighted by molar-refractivity contribution is 7.13. The second kappa shape index (κ2) is 6.87. The van der Waals surface area contributed by atoms with Crippen LogP contribution in [0.4, 0.5) is 18.3 Å². The predicted octanol–water partition coefficient (Wildman–Crippen LogP) is 3.54. The minimum absolute atomic E-state index is 0.0379. The molecule has 0 saturated heterocycles. The number of hydrogen-bond acceptors (Lipinski definition) is 5. The maximum Gasteiger partial charge on any atom is 0.416 e. The van der Waals surface area contributed by atoms with Gasteiger partial charge in [-0.3, -0.25) is 4.79 Å². The Kier molecular flexibility index (Phi) is 4.77. The fraction of sp³-hybridized carbons (Fsp3) is 0.250. The molecular formula is C16H14F3N5OS. The van der Waals surface area contributed by atoms with Gasteiger partial charge in [0.25, 0.3) is 0 Å². The number of carbonyl (C=O) groups is 1. The van der Waals surface area contributed by atoms with Crippen molar-refractivity contribution in [3.8, 4) is 5.69 Å². The summed E-state index contributed by atoms with van der Waals surface area (Å²) in [6.45, 7) is 3.43. The van der Waals surface area contributed by atoms with Crippen LogP contribution in [0.25, 0.3) is 5.69 Å². The lowest BCUT2D eigenvalue weighted by Gasteiger charge is -2.10. The Morgan fingerprint density at radius 1 is 1.31 bits per heavy atom. The molecule has 3 aromatic rings. The van der Waals surface area contributed by atoms with E-state index in [1.165, 1.54) is 27.6 Å². The molecule has 0 aliphatic heterocycles. The molecule has 0 spiro atoms. The number of halogens is 3. The van der Waals surface area contributed by atoms with Crippen LogP contribution in [0, 0.1) is 13.8 Å². The van der Waals surface area contributed by atoms with E-state index in [1.807, 2.05) is 0 Å². The van der Waals surface area contributed by atoms with E-state index < -0.39 is 11.7 Å². The number of alkyl halides is 3. The van der Waals surface area contributed by atoms with E-state index in [9.17, 15) is 18.0 Å². The quantitative estimate of drug-likeness (QED) is 0.750. The summed E-state index contributed by atoms with van der Waals surface area (Å²) in [4.78, 5) is 12.2. The van der Waals surface area contributed by atoms with Crippen molar-refractivity contribution >= 4 is 22.4 Å². The van der Waals surface area contributed by atoms with Gasteiger partial charge in [0.2, 0.25) is 11.0 Å². The molecule has 0 aliphatic carbocycles. The van der Waals surface area contributed by atoms with Gasteiger partial charge in [-0.15, -0.1) is 10.2 Å². The lowest BCUT2D eigenvalue weighted by atomic mass is 10.1. The lowest BCUT2D eigenvalue weighted by Crippen LogP contribution is -2.15. The zero-order chi connectivity index (χ0) is 18.9. The van der Waals surface area contributed by atoms with Crippen molar-refractivity contribution in [2.24, 2.45) is 0 Å². The van der Waals surface area contributed by atoms with Gasteiger partial charge in [-0.2, -0.15) is 18.3 Å². The maximum absolute atomic E-state index is 12.9. The first-order chi connectivity index (χ1) is 12.3. The molecule has 6 nitrogen and oxygen atoms in total. The van der Waals surface area contributed by atoms with E-state index in [-0.39, 0.29) is 18.0 Å². The minimum atomic E-state index is -4.43. The number of nitrogens with zero attached hydrogens (tertiary/aromatic N) is 4. The molecule has 0 fully saturated rings. The summed E-state index contributed by atoms with van der Waals surface area (Å²) in [5.74, 6) is -0.295. The average molecular weight is 381 g/mol. The van der Waals surface area contributed by atoms with E-state index in [0.717, 1.165) is 12.1 Å². The second-order valence-electron chi connectivity index (χ2n) is 5.58. The number of nitrogens with one attached hydrogen (secondary N) is 1. The molecule has 0 atom stereocenters. The second-order valence-corrected chi connectivity index (χ2v) is 6.41. The third kappa shape index (κ3) is 3.74. The topological polar surface area (TPSA) is 72.7 Å². The van der Waals surface area contributed by atoms with Crippen molar-refractivity contribution in [2.45, 2.75) is 26.4 Å². The van der Waals surface area contributed by atoms with Crippen LogP contribution in [0.2, 0.25) is 0 Å². The van der Waals surface area contributed by atoms with Gasteiger partial charge in [0, 0.05) is 11.3 Å². The van der Waals surface area contributed by atoms with Crippen LogP contribution in [0.3, 0.4) is 0 Å². The van der Waals surface area contributed by atoms with Crippen molar-refractivity contribution in [3.05, 3.63) is 52.3 Å². The molecule has 0 unspecified atom stereocenters. The van der Waals surface area contributed by atoms with Crippen molar-refractivity contribution in [1.82, 2.24) is 20.0 Å². The molecular weight excluding hydrogens is 367 g/mol. The Labute approximate surface area is 150 Å². The van der Waals surface area contributed by atoms with Gasteiger partial charge in [-0.1, -0.05) is 17.4 Å². The van der Waals surface area contributed by atoms with Gasteiger partial charge < -0.3 is 5.32 Å². The number of carbonyl (C=O) groups excluding carboxylic acids is 1. The third-order valence-electron chi connectivity index (χ3n) is 3.80. The van der Waals surface area contributed by atoms with E-state index >= 15 is 0 Å². The van der Waals surface area contributed by atoms with Gasteiger partial charge >= 0.3 is 6.18 Å². The SMILES string of the molecule is Cc1nn(-c2cccc(C(F)(F)F)c2)c(C)c1CC(=O)Nc1nncs1. The first kappa shape index (κ1) is 18.1. The molecule has 0 aliphatic rings. The zero-order valence-corrected chi connectivity index (χ0v) is 14.6. The number of amides is 1. The molecule has 10 heteroatoms. The van der Waals surface area contributed by atoms with Crippen molar-refractivity contribution in [3.63, 3.8) is 0 Å². The lowest BCUT2D eigenvalue weighted by molar-refractivity contribution is -0.137. The maximum atomic E-state index is 12.9. The summed E-state index contributed by atoms with van der Waals surface area (Å²) in [7, 11) is 0. The average Bonchev–Trinajstić information content (AvgIpc) is 3.17. The first-order valence-corrected chi connectivity index (χ1v) is 8.42. The Hall–Kier alpha value is -2.75. The standard InChI is InChI=1S/C16H14F3N5OS/c1-9-13(7-14(25)21-15-22-20-8-26-15)10(2)24(23-9)12-5-3-4-11(6-12)16(17,18)19/h3-6,8H,7H2,1-2H3,(H,21,22,25). The number of rotatable bonds is 4. The predicted molar refractivity (Wildman–Crippen MR) is 90.3 cm³/mol. The number of aromatic nitrogens is 4. The van der Waals surface area contributed by atoms with Crippen LogP contribution < -0.4 is 5.32 Å². The summed E-state index contributed by atoms with van der Waals surface area (Å²) in [6.07, 6.45) is -4.40. The van der Waals surface area contributed by atoms with E-state index in [4.69, 9.17) is 0 Å². The third-order valence-corrected chi connectivity index (χ3v) is 4.41. The van der Waals surface area contributed by atoms with Gasteiger partial charge in [0.1, 0.15) is 5.51 Å². The molecule has 1 amide bonds. The highest BCUT2D eigenvalue weighted by Gasteiger charge is 2.30. The van der Waals surface area contributed by atoms with Crippen LogP contribution in [-0.2, 0) is 17.4 Å². The molecule has 1 aromatic carbocycles. The number of hydrogen-bond donors (Lipinski definition) is 1. The Morgan fingerprint density at radius 3 is 2.73 bits per heavy atom. The van der Waals surface area contributed by atoms with Crippen molar-refractivity contribution < 1.29 is 18.0 Å². The Morgan fingerprint density at radius 2 is 2.08 bits per heavy atom. The molecule has 0 radical (unpaired) electrons. The summed E-state index contributed by atoms with van der Waals surface area (Å²) in [5, 5.41) is 14.7. The zero-order valence-electron chi connectivity index (χ0n) is 13.8. The van der Waals surface area contributed by atoms with Crippen LogP contribution in [-0.4, -0.2) is 25.9 Å². The fourth-order valence-electron chi connectivity index (χ4n) is 2.55. The Bertz CT molecular complexity index is 934. The molecule has 0 bridgehead atoms. The molecule has 2 aromatic heterocycles. The van der Waals surface area contributed by atoms with Crippen LogP contribution >= 0.6 is 11.3 Å². The van der Waals surface area contributed by atoms with E-state index in [0.29, 0.717) is 22.1 Å². The summed E-state index contributed by atoms with van der Waals surface area (Å²) >= 11 is 1.19. The summed E-state index contributed by atoms with van der Waals surface area (Å²) in [5.41, 5.74) is 2.87. The van der Waals surface area contributed by atoms with Crippen LogP contribution in [0.5, 0.6) is 0 Å². The number of anilines is 1. The molecule has 2 heterocycles. The normalized spacial score (nSPS) is 11.6. The minimum Gasteiger partial charge on any atom is -0.300 e. The van der Waals surface area contributed by atoms with Gasteiger partial charge in [0.15, 0.2) is 0 Å². The summed E-state index contributed by atoms with van der Waals surface area (Å²) in [6, 6.07) is 4.91. The van der Waals surface area contributed by atoms with Crippen molar-refractivity contribution in [2.75, 3.05) is 5.32 Å². The molecule has 26 heavy (non-hydrogen) atoms. The molecule has 3 rings (SSSR count). The largest absolute Gasteiger partial charge is 0.416 e. The van der Waals surface area contributed by atoms with Gasteiger partial charge in [-0.05, 0) is 32.0 Å². The number of aryl methyl sites for hydroxylation is 1. The van der Waals surface area contributed by atoms with Crippen LogP contribution in [0.15, 0.2) is 29.8 Å². The Balaban J connectivity index is 1.87. The van der Waals surface area contributed by atoms with Crippen molar-refractivity contribution in [1.29, 1.82) is 0 Å². The number of benzene rings is 1. The van der Waals surface area contributed by atoms with Gasteiger partial charge in [0.05, 0.1) is 23.4 Å². The molecule has 136 valence electrons. The van der Waals surface area contributed by atoms with Crippen LogP contribution in [0.1, 0.15) is 22.5 Å². The molecule has 1 N–H and O–H groups in total.